The fourth-order valence-electron chi connectivity index (χ4n) is 2.05. The van der Waals surface area contributed by atoms with Crippen LogP contribution in [0.15, 0.2) is 34.9 Å². The number of benzene rings is 1. The quantitative estimate of drug-likeness (QED) is 0.830. The maximum absolute atomic E-state index is 5.52. The van der Waals surface area contributed by atoms with Crippen LogP contribution in [0.3, 0.4) is 0 Å². The molecule has 2 aromatic rings. The van der Waals surface area contributed by atoms with E-state index in [2.05, 4.69) is 31.3 Å². The Balaban J connectivity index is 2.04. The average Bonchev–Trinajstić information content (AvgIpc) is 2.70. The fourth-order valence-corrected chi connectivity index (χ4v) is 2.05. The first-order valence-corrected chi connectivity index (χ1v) is 5.99. The van der Waals surface area contributed by atoms with E-state index in [4.69, 9.17) is 4.42 Å². The first-order chi connectivity index (χ1) is 7.81. The summed E-state index contributed by atoms with van der Waals surface area (Å²) in [5, 5.41) is 4.68. The highest BCUT2D eigenvalue weighted by Gasteiger charge is 2.06. The van der Waals surface area contributed by atoms with Crippen LogP contribution < -0.4 is 5.32 Å². The smallest absolute Gasteiger partial charge is 0.134 e. The number of fused-ring (bicyclic) bond motifs is 1. The number of rotatable bonds is 5. The second-order valence-electron chi connectivity index (χ2n) is 4.25. The van der Waals surface area contributed by atoms with Gasteiger partial charge in [0.25, 0.3) is 0 Å². The van der Waals surface area contributed by atoms with Gasteiger partial charge in [-0.05, 0) is 37.9 Å². The summed E-state index contributed by atoms with van der Waals surface area (Å²) in [5.74, 6) is 0. The topological polar surface area (TPSA) is 25.2 Å². The SMILES string of the molecule is CCNC(C)CCc1coc2ccccc12. The summed E-state index contributed by atoms with van der Waals surface area (Å²) in [6, 6.07) is 8.79. The zero-order chi connectivity index (χ0) is 11.4. The van der Waals surface area contributed by atoms with Crippen LogP contribution in [0, 0.1) is 0 Å². The average molecular weight is 217 g/mol. The lowest BCUT2D eigenvalue weighted by atomic mass is 10.1. The Kier molecular flexibility index (Phi) is 3.62. The minimum absolute atomic E-state index is 0.568. The lowest BCUT2D eigenvalue weighted by Crippen LogP contribution is -2.25. The molecule has 1 atom stereocenters. The molecule has 0 amide bonds. The third kappa shape index (κ3) is 2.45. The van der Waals surface area contributed by atoms with E-state index in [-0.39, 0.29) is 0 Å². The summed E-state index contributed by atoms with van der Waals surface area (Å²) in [6.07, 6.45) is 4.12. The number of hydrogen-bond donors (Lipinski definition) is 1. The van der Waals surface area contributed by atoms with Crippen molar-refractivity contribution in [3.8, 4) is 0 Å². The molecular formula is C14H19NO. The molecule has 0 aliphatic rings. The minimum atomic E-state index is 0.568. The maximum atomic E-state index is 5.52. The highest BCUT2D eigenvalue weighted by Crippen LogP contribution is 2.22. The van der Waals surface area contributed by atoms with Crippen LogP contribution in [0.4, 0.5) is 0 Å². The van der Waals surface area contributed by atoms with Gasteiger partial charge in [-0.25, -0.2) is 0 Å². The zero-order valence-corrected chi connectivity index (χ0v) is 9.99. The van der Waals surface area contributed by atoms with E-state index in [1.165, 1.54) is 10.9 Å². The van der Waals surface area contributed by atoms with E-state index >= 15 is 0 Å². The molecule has 1 heterocycles. The molecular weight excluding hydrogens is 198 g/mol. The Morgan fingerprint density at radius 1 is 1.31 bits per heavy atom. The Bertz CT molecular complexity index is 447. The predicted octanol–water partition coefficient (Wildman–Crippen LogP) is 3.36. The summed E-state index contributed by atoms with van der Waals surface area (Å²) < 4.78 is 5.52. The number of nitrogens with one attached hydrogen (secondary N) is 1. The monoisotopic (exact) mass is 217 g/mol. The van der Waals surface area contributed by atoms with Crippen LogP contribution in [0.2, 0.25) is 0 Å². The second kappa shape index (κ2) is 5.17. The van der Waals surface area contributed by atoms with E-state index in [0.29, 0.717) is 6.04 Å². The van der Waals surface area contributed by atoms with E-state index < -0.39 is 0 Å². The van der Waals surface area contributed by atoms with Crippen LogP contribution in [-0.4, -0.2) is 12.6 Å². The summed E-state index contributed by atoms with van der Waals surface area (Å²) >= 11 is 0. The number of aryl methyl sites for hydroxylation is 1. The van der Waals surface area contributed by atoms with Crippen LogP contribution in [0.25, 0.3) is 11.0 Å². The van der Waals surface area contributed by atoms with Crippen LogP contribution >= 0.6 is 0 Å². The van der Waals surface area contributed by atoms with Crippen LogP contribution in [-0.2, 0) is 6.42 Å². The normalized spacial score (nSPS) is 13.1. The molecule has 0 bridgehead atoms. The molecule has 1 aromatic carbocycles. The van der Waals surface area contributed by atoms with Gasteiger partial charge in [-0.3, -0.25) is 0 Å². The molecule has 0 aliphatic carbocycles. The highest BCUT2D eigenvalue weighted by atomic mass is 16.3. The molecule has 2 heteroatoms. The van der Waals surface area contributed by atoms with Crippen LogP contribution in [0.1, 0.15) is 25.8 Å². The second-order valence-corrected chi connectivity index (χ2v) is 4.25. The summed E-state index contributed by atoms with van der Waals surface area (Å²) in [5.41, 5.74) is 2.31. The van der Waals surface area contributed by atoms with Gasteiger partial charge in [0.1, 0.15) is 5.58 Å². The molecule has 0 spiro atoms. The van der Waals surface area contributed by atoms with Gasteiger partial charge in [0.15, 0.2) is 0 Å². The van der Waals surface area contributed by atoms with Crippen molar-refractivity contribution in [1.29, 1.82) is 0 Å². The third-order valence-electron chi connectivity index (χ3n) is 2.96. The molecule has 1 N–H and O–H groups in total. The maximum Gasteiger partial charge on any atom is 0.134 e. The number of furan rings is 1. The van der Waals surface area contributed by atoms with Crippen molar-refractivity contribution in [3.63, 3.8) is 0 Å². The van der Waals surface area contributed by atoms with Gasteiger partial charge in [0.05, 0.1) is 6.26 Å². The van der Waals surface area contributed by atoms with Gasteiger partial charge in [-0.15, -0.1) is 0 Å². The van der Waals surface area contributed by atoms with Crippen molar-refractivity contribution in [2.75, 3.05) is 6.54 Å². The largest absolute Gasteiger partial charge is 0.464 e. The van der Waals surface area contributed by atoms with Crippen molar-refractivity contribution in [2.24, 2.45) is 0 Å². The molecule has 2 rings (SSSR count). The molecule has 1 unspecified atom stereocenters. The van der Waals surface area contributed by atoms with Crippen molar-refractivity contribution in [1.82, 2.24) is 5.32 Å². The fraction of sp³-hybridized carbons (Fsp3) is 0.429. The predicted molar refractivity (Wildman–Crippen MR) is 67.7 cm³/mol. The Hall–Kier alpha value is -1.28. The number of hydrogen-bond acceptors (Lipinski definition) is 2. The number of para-hydroxylation sites is 1. The highest BCUT2D eigenvalue weighted by molar-refractivity contribution is 5.80. The van der Waals surface area contributed by atoms with Gasteiger partial charge >= 0.3 is 0 Å². The molecule has 16 heavy (non-hydrogen) atoms. The third-order valence-corrected chi connectivity index (χ3v) is 2.96. The Morgan fingerprint density at radius 2 is 2.12 bits per heavy atom. The van der Waals surface area contributed by atoms with Gasteiger partial charge in [-0.2, -0.15) is 0 Å². The summed E-state index contributed by atoms with van der Waals surface area (Å²) in [6.45, 7) is 5.41. The molecule has 0 saturated heterocycles. The standard InChI is InChI=1S/C14H19NO/c1-3-15-11(2)8-9-12-10-16-14-7-5-4-6-13(12)14/h4-7,10-11,15H,3,8-9H2,1-2H3. The molecule has 0 aliphatic heterocycles. The summed E-state index contributed by atoms with van der Waals surface area (Å²) in [4.78, 5) is 0. The van der Waals surface area contributed by atoms with Crippen molar-refractivity contribution in [3.05, 3.63) is 36.1 Å². The van der Waals surface area contributed by atoms with Gasteiger partial charge in [-0.1, -0.05) is 25.1 Å². The molecule has 86 valence electrons. The first kappa shape index (κ1) is 11.2. The Labute approximate surface area is 96.6 Å². The lowest BCUT2D eigenvalue weighted by molar-refractivity contribution is 0.528. The van der Waals surface area contributed by atoms with E-state index in [9.17, 15) is 0 Å². The first-order valence-electron chi connectivity index (χ1n) is 5.99. The van der Waals surface area contributed by atoms with E-state index in [1.54, 1.807) is 0 Å². The molecule has 0 radical (unpaired) electrons. The Morgan fingerprint density at radius 3 is 2.94 bits per heavy atom. The minimum Gasteiger partial charge on any atom is -0.464 e. The zero-order valence-electron chi connectivity index (χ0n) is 9.99. The van der Waals surface area contributed by atoms with Crippen molar-refractivity contribution in [2.45, 2.75) is 32.7 Å². The molecule has 0 fully saturated rings. The molecule has 1 aromatic heterocycles. The van der Waals surface area contributed by atoms with Crippen molar-refractivity contribution < 1.29 is 4.42 Å². The van der Waals surface area contributed by atoms with Gasteiger partial charge < -0.3 is 9.73 Å². The molecule has 2 nitrogen and oxygen atoms in total. The van der Waals surface area contributed by atoms with Gasteiger partial charge in [0, 0.05) is 11.4 Å². The van der Waals surface area contributed by atoms with E-state index in [1.807, 2.05) is 18.4 Å². The van der Waals surface area contributed by atoms with E-state index in [0.717, 1.165) is 25.0 Å². The van der Waals surface area contributed by atoms with Crippen LogP contribution in [0.5, 0.6) is 0 Å². The molecule has 0 saturated carbocycles. The van der Waals surface area contributed by atoms with Crippen molar-refractivity contribution >= 4 is 11.0 Å². The summed E-state index contributed by atoms with van der Waals surface area (Å²) in [7, 11) is 0. The lowest BCUT2D eigenvalue weighted by Gasteiger charge is -2.10. The van der Waals surface area contributed by atoms with Gasteiger partial charge in [0.2, 0.25) is 0 Å².